The molecule has 0 spiro atoms. The van der Waals surface area contributed by atoms with Gasteiger partial charge in [-0.25, -0.2) is 8.42 Å². The minimum Gasteiger partial charge on any atom is -0.493 e. The second kappa shape index (κ2) is 8.72. The van der Waals surface area contributed by atoms with Crippen molar-refractivity contribution in [3.05, 3.63) is 89.5 Å². The van der Waals surface area contributed by atoms with Crippen LogP contribution in [0.4, 0.5) is 11.4 Å². The maximum absolute atomic E-state index is 13.2. The Morgan fingerprint density at radius 1 is 0.971 bits per heavy atom. The standard InChI is InChI=1S/C27H28N2O4S/c1-17-7-4-8-18(15-17)29-34(30,31)19-13-14-24-23(16-19)20-9-5-10-21(20)26(28-24)22-11-6-12-25(32-2)27(22)33-3/h4-9,11-16,20-21,26,28-29H,10H2,1-3H3/t20-,21+,26-/m0/s1. The molecule has 3 atom stereocenters. The van der Waals surface area contributed by atoms with Gasteiger partial charge in [-0.05, 0) is 66.8 Å². The van der Waals surface area contributed by atoms with Crippen molar-refractivity contribution < 1.29 is 17.9 Å². The quantitative estimate of drug-likeness (QED) is 0.450. The number of sulfonamides is 1. The molecule has 3 aromatic carbocycles. The van der Waals surface area contributed by atoms with Crippen molar-refractivity contribution in [3.8, 4) is 11.5 Å². The van der Waals surface area contributed by atoms with E-state index >= 15 is 0 Å². The number of rotatable bonds is 6. The molecule has 176 valence electrons. The molecule has 0 saturated carbocycles. The first-order valence-corrected chi connectivity index (χ1v) is 12.8. The number of benzene rings is 3. The number of hydrogen-bond donors (Lipinski definition) is 2. The summed E-state index contributed by atoms with van der Waals surface area (Å²) in [5.74, 6) is 1.75. The van der Waals surface area contributed by atoms with Gasteiger partial charge in [-0.1, -0.05) is 36.4 Å². The summed E-state index contributed by atoms with van der Waals surface area (Å²) in [4.78, 5) is 0.256. The highest BCUT2D eigenvalue weighted by Gasteiger charge is 2.40. The number of fused-ring (bicyclic) bond motifs is 3. The molecule has 1 aliphatic heterocycles. The van der Waals surface area contributed by atoms with Crippen molar-refractivity contribution in [2.45, 2.75) is 30.2 Å². The smallest absolute Gasteiger partial charge is 0.261 e. The van der Waals surface area contributed by atoms with Crippen molar-refractivity contribution in [1.82, 2.24) is 0 Å². The van der Waals surface area contributed by atoms with Crippen LogP contribution in [0.15, 0.2) is 77.7 Å². The van der Waals surface area contributed by atoms with Crippen LogP contribution in [0.3, 0.4) is 0 Å². The van der Waals surface area contributed by atoms with E-state index in [4.69, 9.17) is 9.47 Å². The summed E-state index contributed by atoms with van der Waals surface area (Å²) in [5, 5.41) is 3.66. The first-order valence-electron chi connectivity index (χ1n) is 11.3. The zero-order valence-electron chi connectivity index (χ0n) is 19.4. The SMILES string of the molecule is COc1cccc([C@H]2Nc3ccc(S(=O)(=O)Nc4cccc(C)c4)cc3[C@H]3C=CC[C@H]32)c1OC. The molecule has 6 nitrogen and oxygen atoms in total. The number of methoxy groups -OCH3 is 2. The maximum atomic E-state index is 13.2. The van der Waals surface area contributed by atoms with Crippen LogP contribution in [0, 0.1) is 12.8 Å². The molecule has 2 aliphatic rings. The normalized spacial score (nSPS) is 20.7. The molecule has 0 saturated heterocycles. The van der Waals surface area contributed by atoms with Gasteiger partial charge in [-0.15, -0.1) is 0 Å². The maximum Gasteiger partial charge on any atom is 0.261 e. The predicted octanol–water partition coefficient (Wildman–Crippen LogP) is 5.64. The van der Waals surface area contributed by atoms with Crippen LogP contribution in [0.2, 0.25) is 0 Å². The Hall–Kier alpha value is -3.45. The molecule has 0 unspecified atom stereocenters. The molecule has 5 rings (SSSR count). The van der Waals surface area contributed by atoms with Gasteiger partial charge in [-0.2, -0.15) is 0 Å². The van der Waals surface area contributed by atoms with E-state index in [-0.39, 0.29) is 22.8 Å². The summed E-state index contributed by atoms with van der Waals surface area (Å²) in [7, 11) is -0.426. The Balaban J connectivity index is 1.51. The minimum atomic E-state index is -3.72. The summed E-state index contributed by atoms with van der Waals surface area (Å²) in [6.07, 6.45) is 5.26. The van der Waals surface area contributed by atoms with Crippen LogP contribution < -0.4 is 19.5 Å². The van der Waals surface area contributed by atoms with Crippen LogP contribution in [0.25, 0.3) is 0 Å². The highest BCUT2D eigenvalue weighted by atomic mass is 32.2. The molecule has 1 heterocycles. The van der Waals surface area contributed by atoms with E-state index in [2.05, 4.69) is 28.3 Å². The van der Waals surface area contributed by atoms with Crippen LogP contribution in [-0.2, 0) is 10.0 Å². The average molecular weight is 477 g/mol. The molecule has 1 aliphatic carbocycles. The third-order valence-corrected chi connectivity index (χ3v) is 8.06. The number of ether oxygens (including phenoxy) is 2. The van der Waals surface area contributed by atoms with Crippen LogP contribution in [-0.4, -0.2) is 22.6 Å². The number of anilines is 2. The molecule has 3 aromatic rings. The Morgan fingerprint density at radius 3 is 2.56 bits per heavy atom. The van der Waals surface area contributed by atoms with E-state index < -0.39 is 10.0 Å². The number of para-hydroxylation sites is 1. The first kappa shape index (κ1) is 22.3. The Morgan fingerprint density at radius 2 is 1.79 bits per heavy atom. The van der Waals surface area contributed by atoms with E-state index in [0.717, 1.165) is 34.5 Å². The van der Waals surface area contributed by atoms with Crippen molar-refractivity contribution in [3.63, 3.8) is 0 Å². The van der Waals surface area contributed by atoms with Gasteiger partial charge in [0.1, 0.15) is 0 Å². The Bertz CT molecular complexity index is 1370. The molecule has 0 amide bonds. The fourth-order valence-electron chi connectivity index (χ4n) is 5.13. The molecule has 34 heavy (non-hydrogen) atoms. The van der Waals surface area contributed by atoms with E-state index in [0.29, 0.717) is 11.4 Å². The topological polar surface area (TPSA) is 76.7 Å². The fraction of sp³-hybridized carbons (Fsp3) is 0.259. The molecule has 2 N–H and O–H groups in total. The van der Waals surface area contributed by atoms with Gasteiger partial charge in [0.25, 0.3) is 10.0 Å². The van der Waals surface area contributed by atoms with Gasteiger partial charge < -0.3 is 14.8 Å². The number of allylic oxidation sites excluding steroid dienone is 2. The number of nitrogens with one attached hydrogen (secondary N) is 2. The summed E-state index contributed by atoms with van der Waals surface area (Å²) < 4.78 is 40.2. The summed E-state index contributed by atoms with van der Waals surface area (Å²) in [5.41, 5.74) is 4.50. The fourth-order valence-corrected chi connectivity index (χ4v) is 6.21. The van der Waals surface area contributed by atoms with Crippen molar-refractivity contribution in [2.75, 3.05) is 24.3 Å². The highest BCUT2D eigenvalue weighted by molar-refractivity contribution is 7.92. The summed E-state index contributed by atoms with van der Waals surface area (Å²) in [6, 6.07) is 18.6. The zero-order valence-corrected chi connectivity index (χ0v) is 20.2. The highest BCUT2D eigenvalue weighted by Crippen LogP contribution is 2.52. The third-order valence-electron chi connectivity index (χ3n) is 6.68. The van der Waals surface area contributed by atoms with Gasteiger partial charge in [0.05, 0.1) is 25.2 Å². The van der Waals surface area contributed by atoms with Crippen molar-refractivity contribution in [1.29, 1.82) is 0 Å². The monoisotopic (exact) mass is 476 g/mol. The molecule has 0 fully saturated rings. The van der Waals surface area contributed by atoms with Gasteiger partial charge >= 0.3 is 0 Å². The van der Waals surface area contributed by atoms with E-state index in [1.165, 1.54) is 0 Å². The van der Waals surface area contributed by atoms with Crippen molar-refractivity contribution >= 4 is 21.4 Å². The Labute approximate surface area is 200 Å². The zero-order chi connectivity index (χ0) is 23.9. The third kappa shape index (κ3) is 3.90. The lowest BCUT2D eigenvalue weighted by molar-refractivity contribution is 0.341. The molecule has 7 heteroatoms. The van der Waals surface area contributed by atoms with Gasteiger partial charge in [0, 0.05) is 22.9 Å². The molecular weight excluding hydrogens is 448 g/mol. The number of hydrogen-bond acceptors (Lipinski definition) is 5. The largest absolute Gasteiger partial charge is 0.493 e. The van der Waals surface area contributed by atoms with Crippen LogP contribution in [0.5, 0.6) is 11.5 Å². The average Bonchev–Trinajstić information content (AvgIpc) is 3.33. The molecule has 0 radical (unpaired) electrons. The lowest BCUT2D eigenvalue weighted by atomic mass is 9.77. The summed E-state index contributed by atoms with van der Waals surface area (Å²) in [6.45, 7) is 1.93. The second-order valence-electron chi connectivity index (χ2n) is 8.78. The lowest BCUT2D eigenvalue weighted by Crippen LogP contribution is -2.29. The molecule has 0 bridgehead atoms. The molecular formula is C27H28N2O4S. The second-order valence-corrected chi connectivity index (χ2v) is 10.5. The van der Waals surface area contributed by atoms with Crippen LogP contribution >= 0.6 is 0 Å². The first-order chi connectivity index (χ1) is 16.4. The van der Waals surface area contributed by atoms with Gasteiger partial charge in [0.2, 0.25) is 0 Å². The predicted molar refractivity (Wildman–Crippen MR) is 134 cm³/mol. The number of aryl methyl sites for hydroxylation is 1. The van der Waals surface area contributed by atoms with E-state index in [1.54, 1.807) is 32.4 Å². The minimum absolute atomic E-state index is 0.00502. The van der Waals surface area contributed by atoms with Gasteiger partial charge in [-0.3, -0.25) is 4.72 Å². The lowest BCUT2D eigenvalue weighted by Gasteiger charge is -2.38. The van der Waals surface area contributed by atoms with Crippen LogP contribution in [0.1, 0.15) is 35.1 Å². The van der Waals surface area contributed by atoms with E-state index in [1.807, 2.05) is 43.3 Å². The Kier molecular flexibility index (Phi) is 5.73. The molecule has 0 aromatic heterocycles. The summed E-state index contributed by atoms with van der Waals surface area (Å²) >= 11 is 0. The van der Waals surface area contributed by atoms with Crippen molar-refractivity contribution in [2.24, 2.45) is 5.92 Å². The van der Waals surface area contributed by atoms with Gasteiger partial charge in [0.15, 0.2) is 11.5 Å². The van der Waals surface area contributed by atoms with E-state index in [9.17, 15) is 8.42 Å².